The lowest BCUT2D eigenvalue weighted by Crippen LogP contribution is -2.53. The molecule has 0 radical (unpaired) electrons. The van der Waals surface area contributed by atoms with Gasteiger partial charge in [0.1, 0.15) is 23.7 Å². The van der Waals surface area contributed by atoms with E-state index in [9.17, 15) is 9.18 Å². The highest BCUT2D eigenvalue weighted by molar-refractivity contribution is 5.78. The molecule has 0 fully saturated rings. The Morgan fingerprint density at radius 2 is 2.22 bits per heavy atom. The molecule has 0 amide bonds. The van der Waals surface area contributed by atoms with Gasteiger partial charge >= 0.3 is 5.97 Å². The second-order valence-corrected chi connectivity index (χ2v) is 4.37. The molecule has 2 N–H and O–H groups in total. The van der Waals surface area contributed by atoms with Crippen molar-refractivity contribution in [1.29, 1.82) is 0 Å². The van der Waals surface area contributed by atoms with Crippen LogP contribution in [0.2, 0.25) is 0 Å². The molecule has 1 aromatic rings. The Balaban J connectivity index is 2.73. The summed E-state index contributed by atoms with van der Waals surface area (Å²) >= 11 is 0. The number of likely N-dealkylation sites (N-methyl/N-ethyl adjacent to an activating group) is 1. The van der Waals surface area contributed by atoms with Gasteiger partial charge in [0.25, 0.3) is 0 Å². The number of benzene rings is 1. The molecule has 100 valence electrons. The van der Waals surface area contributed by atoms with Crippen molar-refractivity contribution in [3.8, 4) is 5.75 Å². The van der Waals surface area contributed by atoms with Crippen LogP contribution in [0, 0.1) is 12.7 Å². The van der Waals surface area contributed by atoms with E-state index in [1.54, 1.807) is 19.9 Å². The highest BCUT2D eigenvalue weighted by atomic mass is 19.1. The van der Waals surface area contributed by atoms with Gasteiger partial charge in [-0.2, -0.15) is 0 Å². The summed E-state index contributed by atoms with van der Waals surface area (Å²) in [6.45, 7) is 5.50. The molecule has 0 saturated carbocycles. The van der Waals surface area contributed by atoms with Crippen LogP contribution in [0.15, 0.2) is 18.2 Å². The molecule has 0 saturated heterocycles. The zero-order valence-electron chi connectivity index (χ0n) is 10.8. The van der Waals surface area contributed by atoms with Gasteiger partial charge < -0.3 is 9.84 Å². The SMILES string of the molecule is CCNC(C)(COc1ccc(F)c(C)c1)C(=O)O. The summed E-state index contributed by atoms with van der Waals surface area (Å²) in [5, 5.41) is 12.0. The van der Waals surface area contributed by atoms with Crippen LogP contribution >= 0.6 is 0 Å². The number of hydrogen-bond donors (Lipinski definition) is 2. The Bertz CT molecular complexity index is 436. The molecule has 1 aromatic carbocycles. The average Bonchev–Trinajstić information content (AvgIpc) is 2.31. The second kappa shape index (κ2) is 5.82. The number of rotatable bonds is 6. The van der Waals surface area contributed by atoms with E-state index in [2.05, 4.69) is 5.32 Å². The lowest BCUT2D eigenvalue weighted by molar-refractivity contribution is -0.145. The Hall–Kier alpha value is -1.62. The predicted molar refractivity (Wildman–Crippen MR) is 66.3 cm³/mol. The van der Waals surface area contributed by atoms with E-state index < -0.39 is 11.5 Å². The minimum atomic E-state index is -1.16. The maximum Gasteiger partial charge on any atom is 0.327 e. The molecule has 1 atom stereocenters. The van der Waals surface area contributed by atoms with E-state index >= 15 is 0 Å². The molecule has 0 spiro atoms. The molecule has 1 unspecified atom stereocenters. The Morgan fingerprint density at radius 1 is 1.56 bits per heavy atom. The lowest BCUT2D eigenvalue weighted by atomic mass is 10.0. The smallest absolute Gasteiger partial charge is 0.327 e. The van der Waals surface area contributed by atoms with Crippen LogP contribution in [0.25, 0.3) is 0 Å². The summed E-state index contributed by atoms with van der Waals surface area (Å²) in [4.78, 5) is 11.2. The first-order valence-corrected chi connectivity index (χ1v) is 5.76. The summed E-state index contributed by atoms with van der Waals surface area (Å²) in [5.41, 5.74) is -0.690. The van der Waals surface area contributed by atoms with Gasteiger partial charge in [0, 0.05) is 0 Å². The standard InChI is InChI=1S/C13H18FNO3/c1-4-15-13(3,12(16)17)8-18-10-5-6-11(14)9(2)7-10/h5-7,15H,4,8H2,1-3H3,(H,16,17). The van der Waals surface area contributed by atoms with Crippen molar-refractivity contribution in [2.24, 2.45) is 0 Å². The van der Waals surface area contributed by atoms with E-state index in [-0.39, 0.29) is 12.4 Å². The molecule has 18 heavy (non-hydrogen) atoms. The second-order valence-electron chi connectivity index (χ2n) is 4.37. The number of nitrogens with one attached hydrogen (secondary N) is 1. The van der Waals surface area contributed by atoms with Crippen molar-refractivity contribution < 1.29 is 19.0 Å². The minimum Gasteiger partial charge on any atom is -0.491 e. The molecule has 0 bridgehead atoms. The maximum absolute atomic E-state index is 13.1. The maximum atomic E-state index is 13.1. The van der Waals surface area contributed by atoms with E-state index in [1.807, 2.05) is 6.92 Å². The molecular formula is C13H18FNO3. The third kappa shape index (κ3) is 3.43. The molecule has 0 aliphatic rings. The van der Waals surface area contributed by atoms with Crippen molar-refractivity contribution in [2.75, 3.05) is 13.2 Å². The van der Waals surface area contributed by atoms with E-state index in [4.69, 9.17) is 9.84 Å². The molecule has 0 aliphatic heterocycles. The Kier molecular flexibility index (Phi) is 4.67. The zero-order valence-corrected chi connectivity index (χ0v) is 10.8. The summed E-state index contributed by atoms with van der Waals surface area (Å²) in [6.07, 6.45) is 0. The first-order chi connectivity index (χ1) is 8.39. The third-order valence-corrected chi connectivity index (χ3v) is 2.70. The van der Waals surface area contributed by atoms with Gasteiger partial charge in [-0.15, -0.1) is 0 Å². The number of aryl methyl sites for hydroxylation is 1. The molecule has 5 heteroatoms. The summed E-state index contributed by atoms with van der Waals surface area (Å²) in [6, 6.07) is 4.33. The summed E-state index contributed by atoms with van der Waals surface area (Å²) < 4.78 is 18.5. The van der Waals surface area contributed by atoms with Gasteiger partial charge in [-0.05, 0) is 44.2 Å². The fraction of sp³-hybridized carbons (Fsp3) is 0.462. The highest BCUT2D eigenvalue weighted by Crippen LogP contribution is 2.17. The number of carbonyl (C=O) groups is 1. The molecule has 4 nitrogen and oxygen atoms in total. The number of carboxylic acid groups (broad SMARTS) is 1. The number of aliphatic carboxylic acids is 1. The number of hydrogen-bond acceptors (Lipinski definition) is 3. The van der Waals surface area contributed by atoms with Gasteiger partial charge in [0.15, 0.2) is 0 Å². The molecule has 0 heterocycles. The van der Waals surface area contributed by atoms with Crippen molar-refractivity contribution in [2.45, 2.75) is 26.3 Å². The number of carboxylic acids is 1. The normalized spacial score (nSPS) is 14.0. The van der Waals surface area contributed by atoms with Crippen LogP contribution in [-0.2, 0) is 4.79 Å². The minimum absolute atomic E-state index is 0.0265. The van der Waals surface area contributed by atoms with Gasteiger partial charge in [-0.3, -0.25) is 10.1 Å². The van der Waals surface area contributed by atoms with E-state index in [0.717, 1.165) is 0 Å². The van der Waals surface area contributed by atoms with Crippen LogP contribution in [0.3, 0.4) is 0 Å². The van der Waals surface area contributed by atoms with E-state index in [1.165, 1.54) is 12.1 Å². The van der Waals surface area contributed by atoms with Crippen molar-refractivity contribution in [3.05, 3.63) is 29.6 Å². The van der Waals surface area contributed by atoms with Crippen LogP contribution in [-0.4, -0.2) is 29.8 Å². The van der Waals surface area contributed by atoms with Crippen molar-refractivity contribution in [1.82, 2.24) is 5.32 Å². The summed E-state index contributed by atoms with van der Waals surface area (Å²) in [7, 11) is 0. The van der Waals surface area contributed by atoms with Crippen LogP contribution in [0.4, 0.5) is 4.39 Å². The molecule has 1 rings (SSSR count). The van der Waals surface area contributed by atoms with Gasteiger partial charge in [0.05, 0.1) is 0 Å². The highest BCUT2D eigenvalue weighted by Gasteiger charge is 2.33. The van der Waals surface area contributed by atoms with Crippen LogP contribution in [0.1, 0.15) is 19.4 Å². The first-order valence-electron chi connectivity index (χ1n) is 5.76. The van der Waals surface area contributed by atoms with E-state index in [0.29, 0.717) is 17.9 Å². The number of ether oxygens (including phenoxy) is 1. The van der Waals surface area contributed by atoms with Gasteiger partial charge in [0.2, 0.25) is 0 Å². The third-order valence-electron chi connectivity index (χ3n) is 2.70. The molecule has 0 aliphatic carbocycles. The fourth-order valence-electron chi connectivity index (χ4n) is 1.51. The van der Waals surface area contributed by atoms with Crippen LogP contribution < -0.4 is 10.1 Å². The zero-order chi connectivity index (χ0) is 13.8. The predicted octanol–water partition coefficient (Wildman–Crippen LogP) is 1.97. The Labute approximate surface area is 106 Å². The van der Waals surface area contributed by atoms with Gasteiger partial charge in [-0.1, -0.05) is 6.92 Å². The molecular weight excluding hydrogens is 237 g/mol. The van der Waals surface area contributed by atoms with Gasteiger partial charge in [-0.25, -0.2) is 4.39 Å². The topological polar surface area (TPSA) is 58.6 Å². The molecule has 0 aromatic heterocycles. The Morgan fingerprint density at radius 3 is 2.72 bits per heavy atom. The number of halogens is 1. The first kappa shape index (κ1) is 14.4. The quantitative estimate of drug-likeness (QED) is 0.816. The fourth-order valence-corrected chi connectivity index (χ4v) is 1.51. The average molecular weight is 255 g/mol. The summed E-state index contributed by atoms with van der Waals surface area (Å²) in [5.74, 6) is -0.836. The van der Waals surface area contributed by atoms with Crippen molar-refractivity contribution in [3.63, 3.8) is 0 Å². The largest absolute Gasteiger partial charge is 0.491 e. The van der Waals surface area contributed by atoms with Crippen LogP contribution in [0.5, 0.6) is 5.75 Å². The lowest BCUT2D eigenvalue weighted by Gasteiger charge is -2.25. The monoisotopic (exact) mass is 255 g/mol. The van der Waals surface area contributed by atoms with Crippen molar-refractivity contribution >= 4 is 5.97 Å².